The van der Waals surface area contributed by atoms with Crippen molar-refractivity contribution in [2.24, 2.45) is 0 Å². The van der Waals surface area contributed by atoms with Gasteiger partial charge in [0.15, 0.2) is 0 Å². The number of nitrogens with one attached hydrogen (secondary N) is 1. The van der Waals surface area contributed by atoms with Crippen LogP contribution in [0.15, 0.2) is 24.3 Å². The van der Waals surface area contributed by atoms with Gasteiger partial charge in [0.05, 0.1) is 6.61 Å². The molecule has 5 heteroatoms. The Morgan fingerprint density at radius 1 is 1.10 bits per heavy atom. The molecule has 0 amide bonds. The number of alkyl halides is 3. The van der Waals surface area contributed by atoms with Crippen LogP contribution in [0, 0.1) is 0 Å². The van der Waals surface area contributed by atoms with Crippen molar-refractivity contribution in [3.8, 4) is 0 Å². The normalized spacial score (nSPS) is 11.8. The van der Waals surface area contributed by atoms with Crippen LogP contribution >= 0.6 is 0 Å². The smallest absolute Gasteiger partial charge is 0.377 e. The van der Waals surface area contributed by atoms with E-state index in [1.807, 2.05) is 24.3 Å². The van der Waals surface area contributed by atoms with E-state index in [9.17, 15) is 13.2 Å². The minimum Gasteiger partial charge on any atom is -0.377 e. The number of rotatable bonds is 10. The summed E-state index contributed by atoms with van der Waals surface area (Å²) in [7, 11) is 0. The first-order chi connectivity index (χ1) is 10.0. The molecule has 0 saturated heterocycles. The summed E-state index contributed by atoms with van der Waals surface area (Å²) in [4.78, 5) is 0. The molecule has 0 aromatic heterocycles. The first-order valence-electron chi connectivity index (χ1n) is 7.45. The van der Waals surface area contributed by atoms with E-state index in [0.717, 1.165) is 31.5 Å². The van der Waals surface area contributed by atoms with Gasteiger partial charge in [0, 0.05) is 13.0 Å². The molecule has 1 rings (SSSR count). The fourth-order valence-corrected chi connectivity index (χ4v) is 2.02. The Balaban J connectivity index is 2.30. The molecule has 0 heterocycles. The van der Waals surface area contributed by atoms with E-state index in [4.69, 9.17) is 4.74 Å². The van der Waals surface area contributed by atoms with Gasteiger partial charge in [0.1, 0.15) is 0 Å². The second kappa shape index (κ2) is 9.79. The summed E-state index contributed by atoms with van der Waals surface area (Å²) >= 11 is 0. The van der Waals surface area contributed by atoms with Crippen LogP contribution < -0.4 is 5.32 Å². The number of halogens is 3. The van der Waals surface area contributed by atoms with Crippen molar-refractivity contribution in [2.75, 3.05) is 19.7 Å². The molecule has 0 radical (unpaired) electrons. The zero-order valence-corrected chi connectivity index (χ0v) is 12.5. The fraction of sp³-hybridized carbons (Fsp3) is 0.625. The molecule has 0 atom stereocenters. The van der Waals surface area contributed by atoms with Crippen molar-refractivity contribution in [3.05, 3.63) is 35.4 Å². The Bertz CT molecular complexity index is 393. The molecule has 0 bridgehead atoms. The van der Waals surface area contributed by atoms with Gasteiger partial charge in [-0.2, -0.15) is 13.2 Å². The maximum Gasteiger partial charge on any atom is 0.389 e. The van der Waals surface area contributed by atoms with E-state index < -0.39 is 12.6 Å². The number of hydrogen-bond donors (Lipinski definition) is 1. The molecule has 1 aromatic carbocycles. The molecule has 1 aromatic rings. The Morgan fingerprint density at radius 2 is 1.81 bits per heavy atom. The highest BCUT2D eigenvalue weighted by molar-refractivity contribution is 5.26. The second-order valence-electron chi connectivity index (χ2n) is 5.04. The molecular formula is C16H24F3NO. The average molecular weight is 303 g/mol. The van der Waals surface area contributed by atoms with Crippen LogP contribution in [0.2, 0.25) is 0 Å². The van der Waals surface area contributed by atoms with Gasteiger partial charge in [-0.25, -0.2) is 0 Å². The van der Waals surface area contributed by atoms with Gasteiger partial charge in [0.2, 0.25) is 0 Å². The highest BCUT2D eigenvalue weighted by Gasteiger charge is 2.25. The Kier molecular flexibility index (Phi) is 8.38. The van der Waals surface area contributed by atoms with E-state index in [0.29, 0.717) is 6.61 Å². The van der Waals surface area contributed by atoms with Crippen LogP contribution in [-0.4, -0.2) is 25.9 Å². The van der Waals surface area contributed by atoms with Crippen LogP contribution in [0.4, 0.5) is 13.2 Å². The quantitative estimate of drug-likeness (QED) is 0.657. The maximum atomic E-state index is 12.0. The molecule has 0 saturated carbocycles. The van der Waals surface area contributed by atoms with Crippen molar-refractivity contribution in [1.29, 1.82) is 0 Å². The summed E-state index contributed by atoms with van der Waals surface area (Å²) in [5, 5.41) is 3.34. The minimum absolute atomic E-state index is 0.0176. The molecule has 0 aliphatic heterocycles. The van der Waals surface area contributed by atoms with Crippen LogP contribution in [0.1, 0.15) is 37.3 Å². The molecule has 21 heavy (non-hydrogen) atoms. The molecule has 0 spiro atoms. The van der Waals surface area contributed by atoms with Gasteiger partial charge < -0.3 is 10.1 Å². The largest absolute Gasteiger partial charge is 0.389 e. The third kappa shape index (κ3) is 8.73. The zero-order chi connectivity index (χ0) is 15.6. The van der Waals surface area contributed by atoms with Gasteiger partial charge in [-0.15, -0.1) is 0 Å². The summed E-state index contributed by atoms with van der Waals surface area (Å²) < 4.78 is 41.4. The third-order valence-corrected chi connectivity index (χ3v) is 3.12. The lowest BCUT2D eigenvalue weighted by Crippen LogP contribution is -2.18. The van der Waals surface area contributed by atoms with E-state index in [1.54, 1.807) is 0 Å². The van der Waals surface area contributed by atoms with Crippen LogP contribution in [0.5, 0.6) is 0 Å². The standard InChI is InChI=1S/C16H24F3NO/c1-2-10-20-11-8-14-6-3-4-7-15(14)13-21-12-5-9-16(17,18)19/h3-4,6-7,20H,2,5,8-13H2,1H3. The van der Waals surface area contributed by atoms with Crippen molar-refractivity contribution < 1.29 is 17.9 Å². The monoisotopic (exact) mass is 303 g/mol. The van der Waals surface area contributed by atoms with E-state index >= 15 is 0 Å². The summed E-state index contributed by atoms with van der Waals surface area (Å²) in [6.07, 6.45) is -2.85. The predicted octanol–water partition coefficient (Wildman–Crippen LogP) is 4.09. The predicted molar refractivity (Wildman–Crippen MR) is 78.3 cm³/mol. The summed E-state index contributed by atoms with van der Waals surface area (Å²) in [6.45, 7) is 4.54. The van der Waals surface area contributed by atoms with Crippen LogP contribution in [-0.2, 0) is 17.8 Å². The fourth-order valence-electron chi connectivity index (χ4n) is 2.02. The lowest BCUT2D eigenvalue weighted by atomic mass is 10.1. The highest BCUT2D eigenvalue weighted by Crippen LogP contribution is 2.21. The van der Waals surface area contributed by atoms with Gasteiger partial charge in [-0.3, -0.25) is 0 Å². The summed E-state index contributed by atoms with van der Waals surface area (Å²) in [6, 6.07) is 7.92. The Labute approximate surface area is 124 Å². The first-order valence-corrected chi connectivity index (χ1v) is 7.45. The van der Waals surface area contributed by atoms with Gasteiger partial charge in [-0.1, -0.05) is 31.2 Å². The van der Waals surface area contributed by atoms with Crippen LogP contribution in [0.25, 0.3) is 0 Å². The second-order valence-corrected chi connectivity index (χ2v) is 5.04. The Hall–Kier alpha value is -1.07. The number of hydrogen-bond acceptors (Lipinski definition) is 2. The van der Waals surface area contributed by atoms with E-state index in [1.165, 1.54) is 5.56 Å². The minimum atomic E-state index is -4.09. The Morgan fingerprint density at radius 3 is 2.48 bits per heavy atom. The summed E-state index contributed by atoms with van der Waals surface area (Å²) in [5.74, 6) is 0. The number of benzene rings is 1. The SMILES string of the molecule is CCCNCCc1ccccc1COCCCC(F)(F)F. The average Bonchev–Trinajstić information content (AvgIpc) is 2.43. The molecule has 120 valence electrons. The van der Waals surface area contributed by atoms with E-state index in [-0.39, 0.29) is 13.0 Å². The zero-order valence-electron chi connectivity index (χ0n) is 12.5. The van der Waals surface area contributed by atoms with Crippen molar-refractivity contribution >= 4 is 0 Å². The third-order valence-electron chi connectivity index (χ3n) is 3.12. The number of ether oxygens (including phenoxy) is 1. The molecule has 0 aliphatic carbocycles. The maximum absolute atomic E-state index is 12.0. The molecule has 0 fully saturated rings. The van der Waals surface area contributed by atoms with Gasteiger partial charge in [-0.05, 0) is 43.5 Å². The van der Waals surface area contributed by atoms with Crippen molar-refractivity contribution in [3.63, 3.8) is 0 Å². The van der Waals surface area contributed by atoms with Gasteiger partial charge >= 0.3 is 6.18 Å². The molecule has 2 nitrogen and oxygen atoms in total. The van der Waals surface area contributed by atoms with Crippen molar-refractivity contribution in [2.45, 2.75) is 45.4 Å². The highest BCUT2D eigenvalue weighted by atomic mass is 19.4. The first kappa shape index (κ1) is 18.0. The van der Waals surface area contributed by atoms with Gasteiger partial charge in [0.25, 0.3) is 0 Å². The van der Waals surface area contributed by atoms with Crippen LogP contribution in [0.3, 0.4) is 0 Å². The lowest BCUT2D eigenvalue weighted by Gasteiger charge is -2.11. The summed E-state index contributed by atoms with van der Waals surface area (Å²) in [5.41, 5.74) is 2.25. The molecular weight excluding hydrogens is 279 g/mol. The topological polar surface area (TPSA) is 21.3 Å². The van der Waals surface area contributed by atoms with Crippen molar-refractivity contribution in [1.82, 2.24) is 5.32 Å². The lowest BCUT2D eigenvalue weighted by molar-refractivity contribution is -0.138. The molecule has 0 aliphatic rings. The molecule has 0 unspecified atom stereocenters. The van der Waals surface area contributed by atoms with E-state index in [2.05, 4.69) is 12.2 Å². The molecule has 1 N–H and O–H groups in total.